The van der Waals surface area contributed by atoms with Gasteiger partial charge in [0.1, 0.15) is 0 Å². The summed E-state index contributed by atoms with van der Waals surface area (Å²) in [7, 11) is 1.30. The number of carboxylic acids is 1. The highest BCUT2D eigenvalue weighted by Gasteiger charge is 2.46. The van der Waals surface area contributed by atoms with E-state index in [-0.39, 0.29) is 17.1 Å². The molecule has 2 aliphatic carbocycles. The quantitative estimate of drug-likeness (QED) is 0.890. The second-order valence-electron chi connectivity index (χ2n) is 6.98. The minimum Gasteiger partial charge on any atom is -0.493 e. The van der Waals surface area contributed by atoms with Crippen molar-refractivity contribution in [2.75, 3.05) is 7.11 Å². The molecule has 0 heterocycles. The van der Waals surface area contributed by atoms with Crippen LogP contribution in [0.15, 0.2) is 12.1 Å². The van der Waals surface area contributed by atoms with Gasteiger partial charge < -0.3 is 9.84 Å². The molecule has 2 atom stereocenters. The van der Waals surface area contributed by atoms with Crippen LogP contribution in [0, 0.1) is 23.0 Å². The average Bonchev–Trinajstić information content (AvgIpc) is 2.97. The number of carboxylic acid groups (broad SMARTS) is 1. The fraction of sp³-hybridized carbons (Fsp3) is 0.611. The summed E-state index contributed by atoms with van der Waals surface area (Å²) in [5, 5.41) is 9.58. The van der Waals surface area contributed by atoms with E-state index in [1.54, 1.807) is 0 Å². The number of halogens is 2. The first-order valence-corrected chi connectivity index (χ1v) is 8.22. The predicted octanol–water partition coefficient (Wildman–Crippen LogP) is 4.50. The molecule has 1 aromatic carbocycles. The molecule has 0 saturated heterocycles. The van der Waals surface area contributed by atoms with Gasteiger partial charge in [0.05, 0.1) is 13.0 Å². The lowest BCUT2D eigenvalue weighted by Crippen LogP contribution is -2.35. The highest BCUT2D eigenvalue weighted by atomic mass is 19.2. The molecule has 0 aromatic heterocycles. The molecule has 1 spiro atoms. The van der Waals surface area contributed by atoms with Gasteiger partial charge in [-0.25, -0.2) is 4.39 Å². The van der Waals surface area contributed by atoms with Crippen molar-refractivity contribution in [2.45, 2.75) is 50.9 Å². The Balaban J connectivity index is 2.02. The van der Waals surface area contributed by atoms with E-state index in [1.807, 2.05) is 0 Å². The van der Waals surface area contributed by atoms with Gasteiger partial charge >= 0.3 is 5.97 Å². The highest BCUT2D eigenvalue weighted by molar-refractivity contribution is 5.72. The summed E-state index contributed by atoms with van der Waals surface area (Å²) in [5.74, 6) is -3.90. The van der Waals surface area contributed by atoms with Gasteiger partial charge in [0.25, 0.3) is 0 Å². The summed E-state index contributed by atoms with van der Waals surface area (Å²) in [5.41, 5.74) is 0.650. The van der Waals surface area contributed by atoms with E-state index in [4.69, 9.17) is 4.74 Å². The molecule has 0 unspecified atom stereocenters. The Kier molecular flexibility index (Phi) is 4.30. The van der Waals surface area contributed by atoms with Crippen LogP contribution in [0.3, 0.4) is 0 Å². The van der Waals surface area contributed by atoms with Gasteiger partial charge in [0.2, 0.25) is 5.82 Å². The molecule has 2 saturated carbocycles. The number of carbonyl (C=O) groups is 1. The van der Waals surface area contributed by atoms with E-state index in [9.17, 15) is 18.7 Å². The van der Waals surface area contributed by atoms with Gasteiger partial charge in [0.15, 0.2) is 11.6 Å². The molecule has 0 aliphatic heterocycles. The predicted molar refractivity (Wildman–Crippen MR) is 81.5 cm³/mol. The summed E-state index contributed by atoms with van der Waals surface area (Å²) >= 11 is 0. The maximum absolute atomic E-state index is 14.1. The highest BCUT2D eigenvalue weighted by Crippen LogP contribution is 2.56. The Bertz CT molecular complexity index is 609. The summed E-state index contributed by atoms with van der Waals surface area (Å²) in [4.78, 5) is 11.7. The Hall–Kier alpha value is -1.65. The molecule has 0 radical (unpaired) electrons. The van der Waals surface area contributed by atoms with Crippen LogP contribution in [0.5, 0.6) is 5.75 Å². The third-order valence-electron chi connectivity index (χ3n) is 5.79. The van der Waals surface area contributed by atoms with Gasteiger partial charge in [-0.3, -0.25) is 4.79 Å². The first-order chi connectivity index (χ1) is 11.0. The van der Waals surface area contributed by atoms with Crippen molar-refractivity contribution >= 4 is 5.97 Å². The molecule has 5 heteroatoms. The van der Waals surface area contributed by atoms with Crippen LogP contribution in [0.4, 0.5) is 8.78 Å². The van der Waals surface area contributed by atoms with Gasteiger partial charge in [0, 0.05) is 11.5 Å². The first kappa shape index (κ1) is 16.2. The SMILES string of the molecule is COc1c([C@@H]2CC3(CCCC3)CC[C@H]2C(=O)O)ccc(F)c1F. The van der Waals surface area contributed by atoms with E-state index < -0.39 is 23.5 Å². The fourth-order valence-electron chi connectivity index (χ4n) is 4.62. The molecule has 23 heavy (non-hydrogen) atoms. The number of hydrogen-bond acceptors (Lipinski definition) is 2. The monoisotopic (exact) mass is 324 g/mol. The van der Waals surface area contributed by atoms with Crippen LogP contribution < -0.4 is 4.74 Å². The summed E-state index contributed by atoms with van der Waals surface area (Å²) in [6.45, 7) is 0. The Labute approximate surface area is 134 Å². The average molecular weight is 324 g/mol. The molecular formula is C18H22F2O3. The first-order valence-electron chi connectivity index (χ1n) is 8.22. The standard InChI is InChI=1S/C18H22F2O3/c1-23-16-11(4-5-14(19)15(16)20)13-10-18(7-2-3-8-18)9-6-12(13)17(21)22/h4-5,12-13H,2-3,6-10H2,1H3,(H,21,22)/t12-,13+/m1/s1. The number of hydrogen-bond donors (Lipinski definition) is 1. The van der Waals surface area contributed by atoms with Crippen molar-refractivity contribution in [3.8, 4) is 5.75 Å². The lowest BCUT2D eigenvalue weighted by Gasteiger charge is -2.42. The number of benzene rings is 1. The maximum Gasteiger partial charge on any atom is 0.307 e. The van der Waals surface area contributed by atoms with Crippen molar-refractivity contribution in [2.24, 2.45) is 11.3 Å². The molecule has 0 amide bonds. The number of ether oxygens (including phenoxy) is 1. The second kappa shape index (κ2) is 6.10. The van der Waals surface area contributed by atoms with Gasteiger partial charge in [-0.15, -0.1) is 0 Å². The van der Waals surface area contributed by atoms with Crippen LogP contribution in [0.1, 0.15) is 56.4 Å². The van der Waals surface area contributed by atoms with Crippen LogP contribution in [-0.2, 0) is 4.79 Å². The molecule has 2 aliphatic rings. The van der Waals surface area contributed by atoms with Crippen molar-refractivity contribution < 1.29 is 23.4 Å². The third-order valence-corrected chi connectivity index (χ3v) is 5.79. The molecule has 126 valence electrons. The van der Waals surface area contributed by atoms with E-state index >= 15 is 0 Å². The largest absolute Gasteiger partial charge is 0.493 e. The zero-order valence-corrected chi connectivity index (χ0v) is 13.3. The van der Waals surface area contributed by atoms with Crippen molar-refractivity contribution in [1.29, 1.82) is 0 Å². The minimum absolute atomic E-state index is 0.142. The van der Waals surface area contributed by atoms with Crippen molar-refractivity contribution in [3.05, 3.63) is 29.3 Å². The van der Waals surface area contributed by atoms with Crippen LogP contribution in [0.2, 0.25) is 0 Å². The number of methoxy groups -OCH3 is 1. The lowest BCUT2D eigenvalue weighted by atomic mass is 9.62. The van der Waals surface area contributed by atoms with E-state index in [0.29, 0.717) is 18.4 Å². The molecule has 2 fully saturated rings. The summed E-state index contributed by atoms with van der Waals surface area (Å²) < 4.78 is 32.6. The number of aliphatic carboxylic acids is 1. The zero-order valence-electron chi connectivity index (χ0n) is 13.3. The normalized spacial score (nSPS) is 26.4. The minimum atomic E-state index is -1.03. The Morgan fingerprint density at radius 2 is 1.96 bits per heavy atom. The topological polar surface area (TPSA) is 46.5 Å². The van der Waals surface area contributed by atoms with Crippen molar-refractivity contribution in [3.63, 3.8) is 0 Å². The van der Waals surface area contributed by atoms with E-state index in [1.165, 1.54) is 26.0 Å². The zero-order chi connectivity index (χ0) is 16.6. The molecular weight excluding hydrogens is 302 g/mol. The van der Waals surface area contributed by atoms with Crippen molar-refractivity contribution in [1.82, 2.24) is 0 Å². The Morgan fingerprint density at radius 3 is 2.57 bits per heavy atom. The molecule has 1 N–H and O–H groups in total. The Morgan fingerprint density at radius 1 is 1.26 bits per heavy atom. The summed E-state index contributed by atoms with van der Waals surface area (Å²) in [6.07, 6.45) is 6.74. The third kappa shape index (κ3) is 2.81. The van der Waals surface area contributed by atoms with Crippen LogP contribution >= 0.6 is 0 Å². The van der Waals surface area contributed by atoms with E-state index in [2.05, 4.69) is 0 Å². The molecule has 1 aromatic rings. The fourth-order valence-corrected chi connectivity index (χ4v) is 4.62. The van der Waals surface area contributed by atoms with Crippen LogP contribution in [-0.4, -0.2) is 18.2 Å². The molecule has 3 nitrogen and oxygen atoms in total. The maximum atomic E-state index is 14.1. The second-order valence-corrected chi connectivity index (χ2v) is 6.98. The van der Waals surface area contributed by atoms with Gasteiger partial charge in [-0.05, 0) is 43.6 Å². The number of rotatable bonds is 3. The van der Waals surface area contributed by atoms with E-state index in [0.717, 1.165) is 25.3 Å². The lowest BCUT2D eigenvalue weighted by molar-refractivity contribution is -0.144. The summed E-state index contributed by atoms with van der Waals surface area (Å²) in [6, 6.07) is 2.56. The molecule has 0 bridgehead atoms. The van der Waals surface area contributed by atoms with Gasteiger partial charge in [-0.2, -0.15) is 4.39 Å². The van der Waals surface area contributed by atoms with Crippen LogP contribution in [0.25, 0.3) is 0 Å². The molecule has 3 rings (SSSR count). The van der Waals surface area contributed by atoms with Gasteiger partial charge in [-0.1, -0.05) is 18.9 Å². The smallest absolute Gasteiger partial charge is 0.307 e.